The molecule has 1 aromatic heterocycles. The minimum atomic E-state index is -0.404. The van der Waals surface area contributed by atoms with Crippen LogP contribution in [-0.4, -0.2) is 55.3 Å². The van der Waals surface area contributed by atoms with Crippen LogP contribution in [0.5, 0.6) is 5.75 Å². The van der Waals surface area contributed by atoms with Crippen molar-refractivity contribution in [1.29, 1.82) is 0 Å². The molecule has 0 radical (unpaired) electrons. The largest absolute Gasteiger partial charge is 0.486 e. The number of benzene rings is 2. The SMILES string of the molecule is CC(C)C(=O)N1CCc2ccc(OCc3ccc(C(=O)NCCN(C)C)o3)cc2[C@@H]1c1cccc(F)c1. The highest BCUT2D eigenvalue weighted by molar-refractivity contribution is 5.91. The van der Waals surface area contributed by atoms with Gasteiger partial charge in [-0.1, -0.05) is 32.0 Å². The Hall–Kier alpha value is -3.65. The molecule has 0 saturated carbocycles. The normalized spacial score (nSPS) is 15.1. The number of likely N-dealkylation sites (N-methyl/N-ethyl adjacent to an activating group) is 1. The molecule has 2 aromatic carbocycles. The summed E-state index contributed by atoms with van der Waals surface area (Å²) in [6.07, 6.45) is 0.713. The minimum Gasteiger partial charge on any atom is -0.486 e. The van der Waals surface area contributed by atoms with Crippen molar-refractivity contribution < 1.29 is 23.1 Å². The van der Waals surface area contributed by atoms with E-state index in [-0.39, 0.29) is 35.9 Å². The van der Waals surface area contributed by atoms with E-state index in [0.717, 1.165) is 23.2 Å². The lowest BCUT2D eigenvalue weighted by atomic mass is 9.87. The highest BCUT2D eigenvalue weighted by Gasteiger charge is 2.33. The van der Waals surface area contributed by atoms with Crippen LogP contribution in [0.2, 0.25) is 0 Å². The third kappa shape index (κ3) is 6.38. The van der Waals surface area contributed by atoms with Gasteiger partial charge in [-0.3, -0.25) is 9.59 Å². The van der Waals surface area contributed by atoms with Gasteiger partial charge in [0.1, 0.15) is 23.9 Å². The molecule has 4 rings (SSSR count). The average molecular weight is 508 g/mol. The van der Waals surface area contributed by atoms with Crippen LogP contribution in [0.4, 0.5) is 4.39 Å². The van der Waals surface area contributed by atoms with E-state index in [4.69, 9.17) is 9.15 Å². The van der Waals surface area contributed by atoms with E-state index in [1.165, 1.54) is 12.1 Å². The van der Waals surface area contributed by atoms with Gasteiger partial charge in [-0.15, -0.1) is 0 Å². The number of nitrogens with zero attached hydrogens (tertiary/aromatic N) is 2. The zero-order chi connectivity index (χ0) is 26.5. The first-order chi connectivity index (χ1) is 17.7. The summed E-state index contributed by atoms with van der Waals surface area (Å²) in [5.74, 6) is 0.601. The van der Waals surface area contributed by atoms with Crippen molar-refractivity contribution in [3.05, 3.63) is 88.6 Å². The number of hydrogen-bond acceptors (Lipinski definition) is 5. The first kappa shape index (κ1) is 26.4. The summed E-state index contributed by atoms with van der Waals surface area (Å²) in [6, 6.07) is 15.2. The monoisotopic (exact) mass is 507 g/mol. The summed E-state index contributed by atoms with van der Waals surface area (Å²) in [6.45, 7) is 5.72. The fraction of sp³-hybridized carbons (Fsp3) is 0.379. The number of ether oxygens (including phenoxy) is 1. The molecule has 0 unspecified atom stereocenters. The second-order valence-corrected chi connectivity index (χ2v) is 9.87. The van der Waals surface area contributed by atoms with Gasteiger partial charge in [-0.2, -0.15) is 0 Å². The van der Waals surface area contributed by atoms with Crippen LogP contribution in [0.1, 0.15) is 52.9 Å². The third-order valence-electron chi connectivity index (χ3n) is 6.40. The smallest absolute Gasteiger partial charge is 0.287 e. The Morgan fingerprint density at radius 2 is 1.97 bits per heavy atom. The van der Waals surface area contributed by atoms with Gasteiger partial charge >= 0.3 is 0 Å². The molecule has 8 heteroatoms. The first-order valence-corrected chi connectivity index (χ1v) is 12.6. The number of carbonyl (C=O) groups excluding carboxylic acids is 2. The Bertz CT molecular complexity index is 1250. The molecule has 1 N–H and O–H groups in total. The Labute approximate surface area is 217 Å². The molecule has 3 aromatic rings. The average Bonchev–Trinajstić information content (AvgIpc) is 3.35. The molecule has 0 saturated heterocycles. The van der Waals surface area contributed by atoms with Crippen LogP contribution in [-0.2, 0) is 17.8 Å². The van der Waals surface area contributed by atoms with Crippen molar-refractivity contribution in [2.75, 3.05) is 33.7 Å². The van der Waals surface area contributed by atoms with Gasteiger partial charge in [-0.05, 0) is 73.6 Å². The Morgan fingerprint density at radius 1 is 1.16 bits per heavy atom. The minimum absolute atomic E-state index is 0.0261. The Balaban J connectivity index is 1.52. The molecule has 2 heterocycles. The van der Waals surface area contributed by atoms with E-state index >= 15 is 0 Å². The van der Waals surface area contributed by atoms with Gasteiger partial charge in [0, 0.05) is 25.6 Å². The van der Waals surface area contributed by atoms with Crippen molar-refractivity contribution in [3.63, 3.8) is 0 Å². The molecule has 1 aliphatic rings. The van der Waals surface area contributed by atoms with E-state index in [2.05, 4.69) is 5.32 Å². The molecule has 0 bridgehead atoms. The molecule has 0 spiro atoms. The Kier molecular flexibility index (Phi) is 8.28. The molecule has 7 nitrogen and oxygen atoms in total. The number of halogens is 1. The van der Waals surface area contributed by atoms with Crippen LogP contribution in [0.3, 0.4) is 0 Å². The van der Waals surface area contributed by atoms with Crippen molar-refractivity contribution in [1.82, 2.24) is 15.1 Å². The molecular weight excluding hydrogens is 473 g/mol. The van der Waals surface area contributed by atoms with Crippen LogP contribution in [0, 0.1) is 11.7 Å². The topological polar surface area (TPSA) is 75.0 Å². The fourth-order valence-electron chi connectivity index (χ4n) is 4.50. The van der Waals surface area contributed by atoms with E-state index in [0.29, 0.717) is 31.0 Å². The number of rotatable bonds is 9. The second-order valence-electron chi connectivity index (χ2n) is 9.87. The summed E-state index contributed by atoms with van der Waals surface area (Å²) < 4.78 is 25.8. The highest BCUT2D eigenvalue weighted by Crippen LogP contribution is 2.38. The number of hydrogen-bond donors (Lipinski definition) is 1. The van der Waals surface area contributed by atoms with E-state index in [9.17, 15) is 14.0 Å². The van der Waals surface area contributed by atoms with E-state index < -0.39 is 6.04 Å². The third-order valence-corrected chi connectivity index (χ3v) is 6.40. The number of carbonyl (C=O) groups is 2. The van der Waals surface area contributed by atoms with Gasteiger partial charge in [0.2, 0.25) is 5.91 Å². The first-order valence-electron chi connectivity index (χ1n) is 12.6. The quantitative estimate of drug-likeness (QED) is 0.464. The van der Waals surface area contributed by atoms with Crippen molar-refractivity contribution in [2.45, 2.75) is 32.9 Å². The molecule has 1 atom stereocenters. The van der Waals surface area contributed by atoms with Crippen molar-refractivity contribution in [3.8, 4) is 5.75 Å². The van der Waals surface area contributed by atoms with Gasteiger partial charge in [0.15, 0.2) is 5.76 Å². The van der Waals surface area contributed by atoms with Gasteiger partial charge in [-0.25, -0.2) is 4.39 Å². The van der Waals surface area contributed by atoms with Gasteiger partial charge in [0.25, 0.3) is 5.91 Å². The van der Waals surface area contributed by atoms with Gasteiger partial charge in [0.05, 0.1) is 6.04 Å². The summed E-state index contributed by atoms with van der Waals surface area (Å²) in [5, 5.41) is 2.82. The predicted molar refractivity (Wildman–Crippen MR) is 139 cm³/mol. The van der Waals surface area contributed by atoms with E-state index in [1.807, 2.05) is 62.0 Å². The van der Waals surface area contributed by atoms with Crippen molar-refractivity contribution in [2.24, 2.45) is 5.92 Å². The summed E-state index contributed by atoms with van der Waals surface area (Å²) >= 11 is 0. The van der Waals surface area contributed by atoms with E-state index in [1.54, 1.807) is 18.2 Å². The molecule has 0 aliphatic carbocycles. The Morgan fingerprint density at radius 3 is 2.70 bits per heavy atom. The van der Waals surface area contributed by atoms with Crippen LogP contribution >= 0.6 is 0 Å². The van der Waals surface area contributed by atoms with Crippen LogP contribution < -0.4 is 10.1 Å². The number of amides is 2. The number of fused-ring (bicyclic) bond motifs is 1. The maximum absolute atomic E-state index is 14.2. The highest BCUT2D eigenvalue weighted by atomic mass is 19.1. The standard InChI is InChI=1S/C29H34FN3O4/c1-19(2)29(35)33-14-12-20-8-9-23(17-25(20)27(33)21-6-5-7-22(30)16-21)36-18-24-10-11-26(37-24)28(34)31-13-15-32(3)4/h5-11,16-17,19,27H,12-15,18H2,1-4H3,(H,31,34)/t27-/m0/s1. The summed E-state index contributed by atoms with van der Waals surface area (Å²) in [4.78, 5) is 29.2. The zero-order valence-corrected chi connectivity index (χ0v) is 21.8. The lowest BCUT2D eigenvalue weighted by molar-refractivity contribution is -0.136. The molecular formula is C29H34FN3O4. The lowest BCUT2D eigenvalue weighted by Gasteiger charge is -2.39. The van der Waals surface area contributed by atoms with Crippen LogP contribution in [0.15, 0.2) is 59.0 Å². The maximum atomic E-state index is 14.2. The fourth-order valence-corrected chi connectivity index (χ4v) is 4.50. The van der Waals surface area contributed by atoms with Crippen LogP contribution in [0.25, 0.3) is 0 Å². The molecule has 196 valence electrons. The maximum Gasteiger partial charge on any atom is 0.287 e. The molecule has 37 heavy (non-hydrogen) atoms. The summed E-state index contributed by atoms with van der Waals surface area (Å²) in [5.41, 5.74) is 2.75. The second kappa shape index (κ2) is 11.6. The summed E-state index contributed by atoms with van der Waals surface area (Å²) in [7, 11) is 3.88. The number of nitrogens with one attached hydrogen (secondary N) is 1. The molecule has 1 aliphatic heterocycles. The molecule has 2 amide bonds. The van der Waals surface area contributed by atoms with Crippen molar-refractivity contribution >= 4 is 11.8 Å². The predicted octanol–water partition coefficient (Wildman–Crippen LogP) is 4.42. The zero-order valence-electron chi connectivity index (χ0n) is 21.8. The number of furan rings is 1. The molecule has 0 fully saturated rings. The van der Waals surface area contributed by atoms with Gasteiger partial charge < -0.3 is 24.3 Å². The lowest BCUT2D eigenvalue weighted by Crippen LogP contribution is -2.42.